The van der Waals surface area contributed by atoms with Gasteiger partial charge in [0.25, 0.3) is 0 Å². The van der Waals surface area contributed by atoms with E-state index in [4.69, 9.17) is 0 Å². The lowest BCUT2D eigenvalue weighted by Gasteiger charge is -2.22. The Morgan fingerprint density at radius 1 is 0.684 bits per heavy atom. The summed E-state index contributed by atoms with van der Waals surface area (Å²) < 4.78 is 0. The van der Waals surface area contributed by atoms with Gasteiger partial charge in [-0.05, 0) is 75.0 Å². The van der Waals surface area contributed by atoms with Crippen molar-refractivity contribution in [1.29, 1.82) is 0 Å². The number of aromatic nitrogens is 2. The molecule has 6 aromatic rings. The van der Waals surface area contributed by atoms with Crippen LogP contribution in [-0.2, 0) is 24.3 Å². The zero-order valence-corrected chi connectivity index (χ0v) is 21.3. The molecule has 4 aromatic carbocycles. The Bertz CT molecular complexity index is 1610. The van der Waals surface area contributed by atoms with E-state index in [1.54, 1.807) is 12.4 Å². The Morgan fingerprint density at radius 2 is 1.32 bits per heavy atom. The van der Waals surface area contributed by atoms with Gasteiger partial charge in [0, 0.05) is 31.9 Å². The summed E-state index contributed by atoms with van der Waals surface area (Å²) in [5.74, 6) is 0.0646. The number of rotatable bonds is 10. The van der Waals surface area contributed by atoms with Crippen LogP contribution in [0, 0.1) is 0 Å². The second-order valence-electron chi connectivity index (χ2n) is 9.82. The van der Waals surface area contributed by atoms with Gasteiger partial charge in [0.1, 0.15) is 0 Å². The van der Waals surface area contributed by atoms with Crippen LogP contribution in [0.1, 0.15) is 29.8 Å². The topological polar surface area (TPSA) is 58.1 Å². The van der Waals surface area contributed by atoms with Gasteiger partial charge in [-0.3, -0.25) is 19.7 Å². The van der Waals surface area contributed by atoms with Crippen LogP contribution in [0.3, 0.4) is 0 Å². The molecule has 0 aliphatic rings. The highest BCUT2D eigenvalue weighted by atomic mass is 16.1. The minimum Gasteiger partial charge on any atom is -0.343 e. The molecule has 1 N–H and O–H groups in total. The fourth-order valence-corrected chi connectivity index (χ4v) is 5.35. The zero-order chi connectivity index (χ0) is 25.7. The predicted octanol–water partition coefficient (Wildman–Crippen LogP) is 6.47. The number of pyridine rings is 2. The van der Waals surface area contributed by atoms with Crippen LogP contribution in [0.5, 0.6) is 0 Å². The fraction of sp³-hybridized carbons (Fsp3) is 0.182. The lowest BCUT2D eigenvalue weighted by Crippen LogP contribution is -2.37. The van der Waals surface area contributed by atoms with E-state index < -0.39 is 0 Å². The van der Waals surface area contributed by atoms with Crippen molar-refractivity contribution < 1.29 is 4.79 Å². The van der Waals surface area contributed by atoms with Crippen molar-refractivity contribution in [3.05, 3.63) is 120 Å². The SMILES string of the molecule is O=C(CCCc1ccc2ccc3cccc4ccc1c2c34)NCN(Cc1ccccn1)Cc1ccccn1. The third-order valence-electron chi connectivity index (χ3n) is 7.19. The lowest BCUT2D eigenvalue weighted by atomic mass is 9.90. The molecule has 188 valence electrons. The van der Waals surface area contributed by atoms with Crippen LogP contribution < -0.4 is 5.32 Å². The molecular weight excluding hydrogens is 468 g/mol. The highest BCUT2D eigenvalue weighted by Crippen LogP contribution is 2.36. The molecule has 0 fully saturated rings. The normalized spacial score (nSPS) is 11.6. The van der Waals surface area contributed by atoms with Gasteiger partial charge < -0.3 is 5.32 Å². The first-order chi connectivity index (χ1) is 18.7. The number of nitrogens with zero attached hydrogens (tertiary/aromatic N) is 3. The molecule has 0 unspecified atom stereocenters. The van der Waals surface area contributed by atoms with Crippen molar-refractivity contribution in [3.8, 4) is 0 Å². The maximum Gasteiger partial charge on any atom is 0.221 e. The van der Waals surface area contributed by atoms with Crippen LogP contribution in [0.15, 0.2) is 103 Å². The summed E-state index contributed by atoms with van der Waals surface area (Å²) in [4.78, 5) is 23.9. The van der Waals surface area contributed by atoms with Crippen LogP contribution in [0.4, 0.5) is 0 Å². The van der Waals surface area contributed by atoms with Crippen LogP contribution >= 0.6 is 0 Å². The summed E-state index contributed by atoms with van der Waals surface area (Å²) in [6.07, 6.45) is 5.75. The van der Waals surface area contributed by atoms with Gasteiger partial charge >= 0.3 is 0 Å². The van der Waals surface area contributed by atoms with Crippen LogP contribution in [0.25, 0.3) is 32.3 Å². The second kappa shape index (κ2) is 11.0. The number of aryl methyl sites for hydroxylation is 1. The number of carbonyl (C=O) groups excluding carboxylic acids is 1. The zero-order valence-electron chi connectivity index (χ0n) is 21.3. The average molecular weight is 499 g/mol. The molecule has 2 aromatic heterocycles. The van der Waals surface area contributed by atoms with Crippen molar-refractivity contribution in [2.45, 2.75) is 32.4 Å². The molecule has 5 nitrogen and oxygen atoms in total. The number of nitrogens with one attached hydrogen (secondary N) is 1. The van der Waals surface area contributed by atoms with Gasteiger partial charge in [-0.25, -0.2) is 0 Å². The van der Waals surface area contributed by atoms with E-state index in [0.29, 0.717) is 26.2 Å². The monoisotopic (exact) mass is 498 g/mol. The molecule has 0 aliphatic carbocycles. The summed E-state index contributed by atoms with van der Waals surface area (Å²) in [7, 11) is 0. The standard InChI is InChI=1S/C33H30N4O/c38-31(36-23-37(21-28-10-1-3-19-34-28)22-29-11-2-4-20-35-29)12-6-7-24-13-14-27-16-15-25-8-5-9-26-17-18-30(24)33(27)32(25)26/h1-5,8-11,13-20H,6-7,12,21-23H2,(H,36,38). The number of amides is 1. The smallest absolute Gasteiger partial charge is 0.221 e. The van der Waals surface area contributed by atoms with E-state index in [0.717, 1.165) is 24.2 Å². The Labute approximate surface area is 222 Å². The Morgan fingerprint density at radius 3 is 1.97 bits per heavy atom. The average Bonchev–Trinajstić information content (AvgIpc) is 2.96. The predicted molar refractivity (Wildman–Crippen MR) is 154 cm³/mol. The molecule has 0 atom stereocenters. The third-order valence-corrected chi connectivity index (χ3v) is 7.19. The van der Waals surface area contributed by atoms with Crippen molar-refractivity contribution in [3.63, 3.8) is 0 Å². The largest absolute Gasteiger partial charge is 0.343 e. The first kappa shape index (κ1) is 24.0. The molecule has 2 heterocycles. The van der Waals surface area contributed by atoms with Gasteiger partial charge in [-0.1, -0.05) is 66.7 Å². The highest BCUT2D eigenvalue weighted by Gasteiger charge is 2.13. The quantitative estimate of drug-likeness (QED) is 0.174. The van der Waals surface area contributed by atoms with Gasteiger partial charge in [-0.15, -0.1) is 0 Å². The van der Waals surface area contributed by atoms with E-state index in [1.807, 2.05) is 36.4 Å². The summed E-state index contributed by atoms with van der Waals surface area (Å²) in [5.41, 5.74) is 3.23. The number of hydrogen-bond donors (Lipinski definition) is 1. The molecule has 0 spiro atoms. The van der Waals surface area contributed by atoms with Gasteiger partial charge in [0.05, 0.1) is 18.1 Å². The van der Waals surface area contributed by atoms with Crippen LogP contribution in [-0.4, -0.2) is 27.4 Å². The van der Waals surface area contributed by atoms with Crippen molar-refractivity contribution in [2.75, 3.05) is 6.67 Å². The first-order valence-electron chi connectivity index (χ1n) is 13.2. The molecule has 0 radical (unpaired) electrons. The number of hydrogen-bond acceptors (Lipinski definition) is 4. The van der Waals surface area contributed by atoms with E-state index in [1.165, 1.54) is 37.9 Å². The van der Waals surface area contributed by atoms with Gasteiger partial charge in [-0.2, -0.15) is 0 Å². The maximum absolute atomic E-state index is 12.8. The molecule has 38 heavy (non-hydrogen) atoms. The van der Waals surface area contributed by atoms with Crippen LogP contribution in [0.2, 0.25) is 0 Å². The van der Waals surface area contributed by atoms with E-state index in [-0.39, 0.29) is 5.91 Å². The fourth-order valence-electron chi connectivity index (χ4n) is 5.35. The highest BCUT2D eigenvalue weighted by molar-refractivity contribution is 6.23. The van der Waals surface area contributed by atoms with Crippen molar-refractivity contribution >= 4 is 38.2 Å². The molecule has 6 rings (SSSR count). The summed E-state index contributed by atoms with van der Waals surface area (Å²) in [6, 6.07) is 31.6. The molecule has 0 aliphatic heterocycles. The molecule has 1 amide bonds. The second-order valence-corrected chi connectivity index (χ2v) is 9.82. The first-order valence-corrected chi connectivity index (χ1v) is 13.2. The number of benzene rings is 4. The Balaban J connectivity index is 1.10. The van der Waals surface area contributed by atoms with Crippen molar-refractivity contribution in [2.24, 2.45) is 0 Å². The summed E-state index contributed by atoms with van der Waals surface area (Å²) in [5, 5.41) is 10.9. The van der Waals surface area contributed by atoms with Crippen molar-refractivity contribution in [1.82, 2.24) is 20.2 Å². The number of carbonyl (C=O) groups is 1. The molecule has 0 saturated heterocycles. The van der Waals surface area contributed by atoms with E-state index in [9.17, 15) is 4.79 Å². The van der Waals surface area contributed by atoms with E-state index >= 15 is 0 Å². The molecular formula is C33H30N4O. The van der Waals surface area contributed by atoms with E-state index in [2.05, 4.69) is 74.8 Å². The Hall–Kier alpha value is -4.35. The summed E-state index contributed by atoms with van der Waals surface area (Å²) >= 11 is 0. The van der Waals surface area contributed by atoms with Gasteiger partial charge in [0.2, 0.25) is 5.91 Å². The lowest BCUT2D eigenvalue weighted by molar-refractivity contribution is -0.122. The summed E-state index contributed by atoms with van der Waals surface area (Å²) in [6.45, 7) is 1.73. The minimum absolute atomic E-state index is 0.0646. The Kier molecular flexibility index (Phi) is 6.92. The molecule has 0 saturated carbocycles. The molecule has 0 bridgehead atoms. The maximum atomic E-state index is 12.8. The third kappa shape index (κ3) is 5.20. The molecule has 5 heteroatoms. The minimum atomic E-state index is 0.0646. The van der Waals surface area contributed by atoms with Gasteiger partial charge in [0.15, 0.2) is 0 Å².